The molecule has 0 radical (unpaired) electrons. The van der Waals surface area contributed by atoms with Gasteiger partial charge in [-0.05, 0) is 48.7 Å². The van der Waals surface area contributed by atoms with Gasteiger partial charge in [0.05, 0.1) is 38.9 Å². The van der Waals surface area contributed by atoms with E-state index in [2.05, 4.69) is 11.9 Å². The first-order valence-corrected chi connectivity index (χ1v) is 14.4. The number of fused-ring (bicyclic) bond motifs is 1. The van der Waals surface area contributed by atoms with E-state index in [4.69, 9.17) is 9.47 Å². The highest BCUT2D eigenvalue weighted by Crippen LogP contribution is 2.32. The molecule has 4 aromatic rings. The Bertz CT molecular complexity index is 1820. The van der Waals surface area contributed by atoms with Gasteiger partial charge in [0.1, 0.15) is 12.4 Å². The summed E-state index contributed by atoms with van der Waals surface area (Å²) >= 11 is 1.11. The van der Waals surface area contributed by atoms with Crippen molar-refractivity contribution in [1.29, 1.82) is 0 Å². The zero-order valence-corrected chi connectivity index (χ0v) is 24.0. The first kappa shape index (κ1) is 28.7. The lowest BCUT2D eigenvalue weighted by Gasteiger charge is -2.25. The molecule has 10 heteroatoms. The molecule has 0 saturated carbocycles. The summed E-state index contributed by atoms with van der Waals surface area (Å²) in [7, 11) is 0. The van der Waals surface area contributed by atoms with Gasteiger partial charge in [0.2, 0.25) is 0 Å². The molecule has 5 rings (SSSR count). The molecular weight excluding hydrogens is 554 g/mol. The Labute approximate surface area is 245 Å². The molecule has 0 saturated heterocycles. The molecule has 1 unspecified atom stereocenters. The molecule has 0 bridgehead atoms. The number of benzene rings is 3. The number of hydrogen-bond donors (Lipinski definition) is 0. The predicted molar refractivity (Wildman–Crippen MR) is 160 cm³/mol. The average Bonchev–Trinajstić information content (AvgIpc) is 3.30. The van der Waals surface area contributed by atoms with Crippen LogP contribution in [0.5, 0.6) is 5.75 Å². The van der Waals surface area contributed by atoms with E-state index in [1.807, 2.05) is 54.6 Å². The lowest BCUT2D eigenvalue weighted by Crippen LogP contribution is -2.39. The molecule has 0 spiro atoms. The summed E-state index contributed by atoms with van der Waals surface area (Å²) in [6.07, 6.45) is 3.44. The number of ether oxygens (including phenoxy) is 2. The summed E-state index contributed by atoms with van der Waals surface area (Å²) in [6, 6.07) is 22.0. The highest BCUT2D eigenvalue weighted by Gasteiger charge is 2.33. The Morgan fingerprint density at radius 3 is 2.50 bits per heavy atom. The molecule has 42 heavy (non-hydrogen) atoms. The molecule has 0 N–H and O–H groups in total. The highest BCUT2D eigenvalue weighted by atomic mass is 32.1. The monoisotopic (exact) mass is 583 g/mol. The lowest BCUT2D eigenvalue weighted by atomic mass is 9.96. The molecule has 0 aliphatic carbocycles. The molecule has 1 aromatic heterocycles. The fourth-order valence-electron chi connectivity index (χ4n) is 4.70. The number of allylic oxidation sites excluding steroid dienone is 1. The standard InChI is InChI=1S/C32H29N3O6S/c1-3-4-18-40-25-16-14-23(15-17-25)29-28(31(37)41-20-22-10-6-5-7-11-22)21(2)33-32-34(29)30(36)27(42-32)19-24-12-8-9-13-26(24)35(38)39/h5-17,19,29H,3-4,18,20H2,1-2H3/b27-19-. The average molecular weight is 584 g/mol. The summed E-state index contributed by atoms with van der Waals surface area (Å²) in [5.41, 5.74) is 1.96. The number of aromatic nitrogens is 1. The predicted octanol–water partition coefficient (Wildman–Crippen LogP) is 5.07. The third kappa shape index (κ3) is 6.08. The molecule has 2 heterocycles. The number of rotatable bonds is 10. The molecule has 0 fully saturated rings. The fraction of sp³-hybridized carbons (Fsp3) is 0.219. The van der Waals surface area contributed by atoms with Gasteiger partial charge >= 0.3 is 5.97 Å². The molecule has 1 aliphatic rings. The van der Waals surface area contributed by atoms with Gasteiger partial charge in [-0.2, -0.15) is 0 Å². The van der Waals surface area contributed by atoms with Gasteiger partial charge in [-0.25, -0.2) is 9.79 Å². The van der Waals surface area contributed by atoms with Crippen molar-refractivity contribution in [2.75, 3.05) is 6.61 Å². The first-order chi connectivity index (χ1) is 20.4. The molecule has 9 nitrogen and oxygen atoms in total. The maximum absolute atomic E-state index is 13.9. The Hall–Kier alpha value is -4.83. The zero-order valence-electron chi connectivity index (χ0n) is 23.2. The van der Waals surface area contributed by atoms with E-state index in [1.54, 1.807) is 25.1 Å². The maximum atomic E-state index is 13.9. The molecule has 1 atom stereocenters. The number of hydrogen-bond acceptors (Lipinski definition) is 8. The maximum Gasteiger partial charge on any atom is 0.338 e. The minimum absolute atomic E-state index is 0.0650. The normalized spacial score (nSPS) is 14.7. The van der Waals surface area contributed by atoms with Gasteiger partial charge in [0.25, 0.3) is 11.2 Å². The van der Waals surface area contributed by atoms with Crippen LogP contribution in [0.15, 0.2) is 99.9 Å². The van der Waals surface area contributed by atoms with E-state index >= 15 is 0 Å². The van der Waals surface area contributed by atoms with Crippen LogP contribution in [0.25, 0.3) is 6.08 Å². The number of esters is 1. The third-order valence-electron chi connectivity index (χ3n) is 6.84. The number of carbonyl (C=O) groups is 1. The Morgan fingerprint density at radius 2 is 1.79 bits per heavy atom. The minimum atomic E-state index is -0.817. The largest absolute Gasteiger partial charge is 0.494 e. The van der Waals surface area contributed by atoms with Gasteiger partial charge in [0.15, 0.2) is 4.80 Å². The van der Waals surface area contributed by atoms with Crippen molar-refractivity contribution in [1.82, 2.24) is 4.57 Å². The number of nitro benzene ring substituents is 1. The Balaban J connectivity index is 1.59. The Kier molecular flexibility index (Phi) is 8.73. The number of unbranched alkanes of at least 4 members (excludes halogenated alkanes) is 1. The van der Waals surface area contributed by atoms with E-state index in [-0.39, 0.29) is 22.4 Å². The first-order valence-electron chi connectivity index (χ1n) is 13.6. The van der Waals surface area contributed by atoms with E-state index in [0.29, 0.717) is 34.0 Å². The van der Waals surface area contributed by atoms with Crippen molar-refractivity contribution in [2.24, 2.45) is 4.99 Å². The van der Waals surface area contributed by atoms with Gasteiger partial charge in [0, 0.05) is 6.07 Å². The van der Waals surface area contributed by atoms with Crippen LogP contribution in [0.2, 0.25) is 0 Å². The third-order valence-corrected chi connectivity index (χ3v) is 7.82. The molecule has 0 amide bonds. The van der Waals surface area contributed by atoms with Crippen molar-refractivity contribution in [3.63, 3.8) is 0 Å². The number of nitrogens with zero attached hydrogens (tertiary/aromatic N) is 3. The van der Waals surface area contributed by atoms with E-state index in [1.165, 1.54) is 16.7 Å². The number of thiazole rings is 1. The van der Waals surface area contributed by atoms with Gasteiger partial charge in [-0.15, -0.1) is 0 Å². The van der Waals surface area contributed by atoms with E-state index < -0.39 is 22.5 Å². The van der Waals surface area contributed by atoms with Crippen LogP contribution in [-0.4, -0.2) is 22.1 Å². The van der Waals surface area contributed by atoms with Crippen molar-refractivity contribution in [3.05, 3.63) is 137 Å². The summed E-state index contributed by atoms with van der Waals surface area (Å²) < 4.78 is 13.2. The van der Waals surface area contributed by atoms with Crippen LogP contribution in [0, 0.1) is 10.1 Å². The van der Waals surface area contributed by atoms with Crippen LogP contribution in [0.1, 0.15) is 49.4 Å². The van der Waals surface area contributed by atoms with Crippen LogP contribution in [0.3, 0.4) is 0 Å². The number of para-hydroxylation sites is 1. The molecule has 214 valence electrons. The second kappa shape index (κ2) is 12.8. The van der Waals surface area contributed by atoms with Crippen molar-refractivity contribution >= 4 is 29.1 Å². The zero-order chi connectivity index (χ0) is 29.6. The quantitative estimate of drug-likeness (QED) is 0.112. The molecule has 1 aliphatic heterocycles. The van der Waals surface area contributed by atoms with Crippen molar-refractivity contribution in [3.8, 4) is 5.75 Å². The molecular formula is C32H29N3O6S. The van der Waals surface area contributed by atoms with Gasteiger partial charge in [-0.1, -0.05) is 79.3 Å². The van der Waals surface area contributed by atoms with Crippen LogP contribution in [0.4, 0.5) is 5.69 Å². The van der Waals surface area contributed by atoms with Crippen LogP contribution in [-0.2, 0) is 16.1 Å². The minimum Gasteiger partial charge on any atom is -0.494 e. The van der Waals surface area contributed by atoms with Gasteiger partial charge < -0.3 is 9.47 Å². The highest BCUT2D eigenvalue weighted by molar-refractivity contribution is 7.07. The van der Waals surface area contributed by atoms with Crippen molar-refractivity contribution in [2.45, 2.75) is 39.3 Å². The summed E-state index contributed by atoms with van der Waals surface area (Å²) in [4.78, 5) is 43.6. The second-order valence-electron chi connectivity index (χ2n) is 9.73. The number of carbonyl (C=O) groups excluding carboxylic acids is 1. The lowest BCUT2D eigenvalue weighted by molar-refractivity contribution is -0.385. The smallest absolute Gasteiger partial charge is 0.338 e. The van der Waals surface area contributed by atoms with E-state index in [0.717, 1.165) is 29.7 Å². The van der Waals surface area contributed by atoms with E-state index in [9.17, 15) is 19.7 Å². The van der Waals surface area contributed by atoms with Gasteiger partial charge in [-0.3, -0.25) is 19.5 Å². The fourth-order valence-corrected chi connectivity index (χ4v) is 5.73. The Morgan fingerprint density at radius 1 is 1.07 bits per heavy atom. The topological polar surface area (TPSA) is 113 Å². The summed E-state index contributed by atoms with van der Waals surface area (Å²) in [6.45, 7) is 4.46. The SMILES string of the molecule is CCCCOc1ccc(C2C(C(=O)OCc3ccccc3)=C(C)N=c3s/c(=C\c4ccccc4[N+](=O)[O-])c(=O)n32)cc1. The second-order valence-corrected chi connectivity index (χ2v) is 10.7. The van der Waals surface area contributed by atoms with Crippen LogP contribution >= 0.6 is 11.3 Å². The summed E-state index contributed by atoms with van der Waals surface area (Å²) in [5, 5.41) is 11.6. The summed E-state index contributed by atoms with van der Waals surface area (Å²) in [5.74, 6) is 0.103. The molecule has 3 aromatic carbocycles. The van der Waals surface area contributed by atoms with Crippen molar-refractivity contribution < 1.29 is 19.2 Å². The number of nitro groups is 1. The van der Waals surface area contributed by atoms with Crippen LogP contribution < -0.4 is 19.6 Å².